The third kappa shape index (κ3) is 1.73. The summed E-state index contributed by atoms with van der Waals surface area (Å²) in [4.78, 5) is 2.45. The summed E-state index contributed by atoms with van der Waals surface area (Å²) in [5.74, 6) is 1.17. The van der Waals surface area contributed by atoms with Crippen LogP contribution in [0, 0.1) is 12.8 Å². The molecule has 0 saturated carbocycles. The number of ether oxygens (including phenoxy) is 1. The summed E-state index contributed by atoms with van der Waals surface area (Å²) in [6, 6.07) is 6.10. The number of nitrogens with zero attached hydrogens (tertiary/aromatic N) is 1. The van der Waals surface area contributed by atoms with Gasteiger partial charge in [-0.2, -0.15) is 0 Å². The molecule has 1 N–H and O–H groups in total. The van der Waals surface area contributed by atoms with Crippen molar-refractivity contribution in [3.05, 3.63) is 29.3 Å². The van der Waals surface area contributed by atoms with Crippen molar-refractivity contribution in [3.8, 4) is 5.75 Å². The van der Waals surface area contributed by atoms with Crippen molar-refractivity contribution in [3.63, 3.8) is 0 Å². The molecule has 3 atom stereocenters. The van der Waals surface area contributed by atoms with Crippen molar-refractivity contribution < 1.29 is 9.84 Å². The Hall–Kier alpha value is -1.06. The van der Waals surface area contributed by atoms with Crippen molar-refractivity contribution in [2.45, 2.75) is 25.4 Å². The second-order valence-corrected chi connectivity index (χ2v) is 5.66. The average molecular weight is 247 g/mol. The van der Waals surface area contributed by atoms with Gasteiger partial charge in [-0.05, 0) is 38.4 Å². The Morgan fingerprint density at radius 2 is 2.22 bits per heavy atom. The molecule has 3 rings (SSSR count). The maximum atomic E-state index is 11.2. The van der Waals surface area contributed by atoms with Gasteiger partial charge in [0.1, 0.15) is 5.75 Å². The van der Waals surface area contributed by atoms with E-state index in [0.29, 0.717) is 5.92 Å². The summed E-state index contributed by atoms with van der Waals surface area (Å²) < 4.78 is 5.45. The number of methoxy groups -OCH3 is 1. The molecule has 1 aromatic carbocycles. The van der Waals surface area contributed by atoms with E-state index in [1.54, 1.807) is 7.11 Å². The van der Waals surface area contributed by atoms with E-state index in [9.17, 15) is 5.11 Å². The summed E-state index contributed by atoms with van der Waals surface area (Å²) in [5.41, 5.74) is 1.46. The third-order valence-corrected chi connectivity index (χ3v) is 4.58. The fourth-order valence-corrected chi connectivity index (χ4v) is 3.47. The van der Waals surface area contributed by atoms with E-state index in [4.69, 9.17) is 4.74 Å². The zero-order chi connectivity index (χ0) is 12.8. The quantitative estimate of drug-likeness (QED) is 0.866. The van der Waals surface area contributed by atoms with Crippen molar-refractivity contribution in [2.24, 2.45) is 5.92 Å². The molecule has 2 fully saturated rings. The van der Waals surface area contributed by atoms with Crippen LogP contribution in [0.5, 0.6) is 5.75 Å². The molecule has 0 aromatic heterocycles. The molecule has 2 saturated heterocycles. The number of aryl methyl sites for hydroxylation is 1. The van der Waals surface area contributed by atoms with Crippen molar-refractivity contribution >= 4 is 0 Å². The number of fused-ring (bicyclic) bond motifs is 2. The first-order valence-electron chi connectivity index (χ1n) is 6.73. The smallest absolute Gasteiger partial charge is 0.124 e. The fourth-order valence-electron chi connectivity index (χ4n) is 3.47. The minimum Gasteiger partial charge on any atom is -0.496 e. The van der Waals surface area contributed by atoms with Crippen LogP contribution in [0.3, 0.4) is 0 Å². The van der Waals surface area contributed by atoms with E-state index in [-0.39, 0.29) is 0 Å². The first-order valence-corrected chi connectivity index (χ1v) is 6.73. The molecule has 0 amide bonds. The SMILES string of the molecule is COc1ccc(C)cc1C1(O)CCN2CCC1C2. The number of hydrogen-bond acceptors (Lipinski definition) is 3. The van der Waals surface area contributed by atoms with Gasteiger partial charge in [-0.25, -0.2) is 0 Å². The van der Waals surface area contributed by atoms with Gasteiger partial charge >= 0.3 is 0 Å². The molecule has 0 radical (unpaired) electrons. The Kier molecular flexibility index (Phi) is 2.83. The average Bonchev–Trinajstić information content (AvgIpc) is 2.79. The van der Waals surface area contributed by atoms with Crippen LogP contribution in [0.1, 0.15) is 24.0 Å². The molecule has 1 aromatic rings. The molecule has 3 unspecified atom stereocenters. The lowest BCUT2D eigenvalue weighted by Gasteiger charge is -2.39. The van der Waals surface area contributed by atoms with Gasteiger partial charge in [0.15, 0.2) is 0 Å². The van der Waals surface area contributed by atoms with Crippen LogP contribution in [0.2, 0.25) is 0 Å². The van der Waals surface area contributed by atoms with Crippen molar-refractivity contribution in [1.29, 1.82) is 0 Å². The lowest BCUT2D eigenvalue weighted by atomic mass is 9.76. The Morgan fingerprint density at radius 1 is 1.39 bits per heavy atom. The van der Waals surface area contributed by atoms with Gasteiger partial charge in [0, 0.05) is 24.6 Å². The van der Waals surface area contributed by atoms with E-state index in [0.717, 1.165) is 43.8 Å². The minimum atomic E-state index is -0.704. The molecular formula is C15H21NO2. The Bertz CT molecular complexity index is 460. The number of piperidine rings is 1. The zero-order valence-electron chi connectivity index (χ0n) is 11.1. The summed E-state index contributed by atoms with van der Waals surface area (Å²) in [6.07, 6.45) is 1.91. The summed E-state index contributed by atoms with van der Waals surface area (Å²) in [5, 5.41) is 11.2. The molecule has 2 aliphatic heterocycles. The molecule has 2 aliphatic rings. The van der Waals surface area contributed by atoms with Crippen LogP contribution in [0.15, 0.2) is 18.2 Å². The van der Waals surface area contributed by atoms with Crippen LogP contribution in [-0.2, 0) is 5.60 Å². The lowest BCUT2D eigenvalue weighted by molar-refractivity contribution is -0.0517. The van der Waals surface area contributed by atoms with E-state index < -0.39 is 5.60 Å². The largest absolute Gasteiger partial charge is 0.496 e. The van der Waals surface area contributed by atoms with Gasteiger partial charge in [-0.3, -0.25) is 0 Å². The van der Waals surface area contributed by atoms with Crippen molar-refractivity contribution in [2.75, 3.05) is 26.7 Å². The highest BCUT2D eigenvalue weighted by molar-refractivity contribution is 5.42. The van der Waals surface area contributed by atoms with Crippen LogP contribution < -0.4 is 4.74 Å². The second kappa shape index (κ2) is 4.25. The lowest BCUT2D eigenvalue weighted by Crippen LogP contribution is -2.44. The maximum absolute atomic E-state index is 11.2. The van der Waals surface area contributed by atoms with Gasteiger partial charge in [0.05, 0.1) is 12.7 Å². The van der Waals surface area contributed by atoms with Gasteiger partial charge in [-0.1, -0.05) is 11.6 Å². The third-order valence-electron chi connectivity index (χ3n) is 4.58. The molecule has 2 heterocycles. The first kappa shape index (κ1) is 12.0. The number of hydrogen-bond donors (Lipinski definition) is 1. The minimum absolute atomic E-state index is 0.349. The van der Waals surface area contributed by atoms with Crippen LogP contribution in [0.4, 0.5) is 0 Å². The van der Waals surface area contributed by atoms with Crippen LogP contribution in [0.25, 0.3) is 0 Å². The summed E-state index contributed by atoms with van der Waals surface area (Å²) in [7, 11) is 1.68. The van der Waals surface area contributed by atoms with Gasteiger partial charge in [0.25, 0.3) is 0 Å². The first-order chi connectivity index (χ1) is 8.63. The Labute approximate surface area is 108 Å². The standard InChI is InChI=1S/C15H21NO2/c1-11-3-4-14(18-2)13(9-11)15(17)6-8-16-7-5-12(15)10-16/h3-4,9,12,17H,5-8,10H2,1-2H3. The van der Waals surface area contributed by atoms with E-state index in [2.05, 4.69) is 17.9 Å². The second-order valence-electron chi connectivity index (χ2n) is 5.66. The predicted octanol–water partition coefficient (Wildman–Crippen LogP) is 1.92. The number of benzene rings is 1. The fraction of sp³-hybridized carbons (Fsp3) is 0.600. The topological polar surface area (TPSA) is 32.7 Å². The molecule has 3 nitrogen and oxygen atoms in total. The Morgan fingerprint density at radius 3 is 3.00 bits per heavy atom. The van der Waals surface area contributed by atoms with E-state index in [1.807, 2.05) is 12.1 Å². The molecule has 18 heavy (non-hydrogen) atoms. The molecule has 0 spiro atoms. The van der Waals surface area contributed by atoms with E-state index >= 15 is 0 Å². The Balaban J connectivity index is 2.04. The predicted molar refractivity (Wildman–Crippen MR) is 70.8 cm³/mol. The van der Waals surface area contributed by atoms with Crippen LogP contribution in [-0.4, -0.2) is 36.8 Å². The summed E-state index contributed by atoms with van der Waals surface area (Å²) >= 11 is 0. The van der Waals surface area contributed by atoms with Gasteiger partial charge < -0.3 is 14.7 Å². The van der Waals surface area contributed by atoms with E-state index in [1.165, 1.54) is 5.56 Å². The monoisotopic (exact) mass is 247 g/mol. The molecule has 3 heteroatoms. The number of rotatable bonds is 2. The molecular weight excluding hydrogens is 226 g/mol. The zero-order valence-corrected chi connectivity index (χ0v) is 11.1. The highest BCUT2D eigenvalue weighted by Gasteiger charge is 2.47. The molecule has 0 aliphatic carbocycles. The highest BCUT2D eigenvalue weighted by atomic mass is 16.5. The molecule has 98 valence electrons. The van der Waals surface area contributed by atoms with Crippen molar-refractivity contribution in [1.82, 2.24) is 4.90 Å². The molecule has 2 bridgehead atoms. The number of aliphatic hydroxyl groups is 1. The maximum Gasteiger partial charge on any atom is 0.124 e. The normalized spacial score (nSPS) is 34.6. The summed E-state index contributed by atoms with van der Waals surface area (Å²) in [6.45, 7) is 5.20. The van der Waals surface area contributed by atoms with Gasteiger partial charge in [0.2, 0.25) is 0 Å². The van der Waals surface area contributed by atoms with Gasteiger partial charge in [-0.15, -0.1) is 0 Å². The van der Waals surface area contributed by atoms with Crippen LogP contribution >= 0.6 is 0 Å². The highest BCUT2D eigenvalue weighted by Crippen LogP contribution is 2.45.